The van der Waals surface area contributed by atoms with Gasteiger partial charge in [-0.15, -0.1) is 0 Å². The summed E-state index contributed by atoms with van der Waals surface area (Å²) in [6.07, 6.45) is 7.44. The summed E-state index contributed by atoms with van der Waals surface area (Å²) in [5.41, 5.74) is 3.83. The maximum absolute atomic E-state index is 9.56. The van der Waals surface area contributed by atoms with Crippen LogP contribution in [0.4, 0.5) is 5.95 Å². The van der Waals surface area contributed by atoms with E-state index in [4.69, 9.17) is 9.72 Å². The number of piperidine rings is 1. The lowest BCUT2D eigenvalue weighted by atomic mass is 9.89. The molecule has 7 heteroatoms. The lowest BCUT2D eigenvalue weighted by molar-refractivity contribution is 0.447. The number of pyridine rings is 1. The number of ether oxygens (including phenoxy) is 1. The number of benzene rings is 2. The summed E-state index contributed by atoms with van der Waals surface area (Å²) in [4.78, 5) is 13.9. The first-order valence-corrected chi connectivity index (χ1v) is 13.9. The fourth-order valence-electron chi connectivity index (χ4n) is 5.22. The standard InChI is InChI=1S/C32H36N6O/c1-21(2)24(19-33)13-12-23-7-4-9-27-26(23)14-11-22(3)30(27)39-31-28(10-6-17-35-31)29-15-18-36-32(38-29)37-25-8-5-16-34-20-25/h4,6-7,9-11,14-15,17-18,21,24-25,34H,5,8,12-13,16,20H2,1-3H3,(H,36,37,38)/t24-,25+/m1/s1. The summed E-state index contributed by atoms with van der Waals surface area (Å²) in [5, 5.41) is 18.6. The molecule has 2 atom stereocenters. The van der Waals surface area contributed by atoms with Gasteiger partial charge >= 0.3 is 0 Å². The van der Waals surface area contributed by atoms with E-state index in [1.165, 1.54) is 5.56 Å². The van der Waals surface area contributed by atoms with Crippen molar-refractivity contribution < 1.29 is 4.74 Å². The zero-order valence-electron chi connectivity index (χ0n) is 22.9. The van der Waals surface area contributed by atoms with Crippen molar-refractivity contribution >= 4 is 16.7 Å². The monoisotopic (exact) mass is 520 g/mol. The van der Waals surface area contributed by atoms with Crippen LogP contribution in [0.2, 0.25) is 0 Å². The normalized spacial score (nSPS) is 16.1. The molecule has 1 aliphatic rings. The van der Waals surface area contributed by atoms with Gasteiger partial charge in [0.25, 0.3) is 0 Å². The van der Waals surface area contributed by atoms with E-state index in [1.54, 1.807) is 12.4 Å². The molecule has 2 aromatic carbocycles. The van der Waals surface area contributed by atoms with Crippen LogP contribution in [0.3, 0.4) is 0 Å². The van der Waals surface area contributed by atoms with Crippen LogP contribution in [0.25, 0.3) is 22.0 Å². The van der Waals surface area contributed by atoms with Crippen molar-refractivity contribution in [1.29, 1.82) is 5.26 Å². The number of hydrogen-bond acceptors (Lipinski definition) is 7. The van der Waals surface area contributed by atoms with E-state index < -0.39 is 0 Å². The molecule has 5 rings (SSSR count). The van der Waals surface area contributed by atoms with E-state index in [-0.39, 0.29) is 5.92 Å². The van der Waals surface area contributed by atoms with Gasteiger partial charge in [-0.3, -0.25) is 0 Å². The second kappa shape index (κ2) is 12.2. The van der Waals surface area contributed by atoms with Gasteiger partial charge in [0.05, 0.1) is 17.3 Å². The maximum atomic E-state index is 9.56. The molecule has 2 N–H and O–H groups in total. The van der Waals surface area contributed by atoms with E-state index in [2.05, 4.69) is 77.8 Å². The van der Waals surface area contributed by atoms with Crippen molar-refractivity contribution in [3.63, 3.8) is 0 Å². The van der Waals surface area contributed by atoms with Gasteiger partial charge < -0.3 is 15.4 Å². The molecule has 4 aromatic rings. The Morgan fingerprint density at radius 2 is 1.97 bits per heavy atom. The summed E-state index contributed by atoms with van der Waals surface area (Å²) in [5.74, 6) is 2.28. The molecule has 1 aliphatic heterocycles. The topological polar surface area (TPSA) is 95.8 Å². The fourth-order valence-corrected chi connectivity index (χ4v) is 5.22. The smallest absolute Gasteiger partial charge is 0.228 e. The molecule has 39 heavy (non-hydrogen) atoms. The number of anilines is 1. The fraction of sp³-hybridized carbons (Fsp3) is 0.375. The van der Waals surface area contributed by atoms with E-state index in [1.807, 2.05) is 18.2 Å². The third-order valence-corrected chi connectivity index (χ3v) is 7.53. The molecule has 0 amide bonds. The quantitative estimate of drug-likeness (QED) is 0.254. The summed E-state index contributed by atoms with van der Waals surface area (Å²) >= 11 is 0. The first-order chi connectivity index (χ1) is 19.0. The van der Waals surface area contributed by atoms with Crippen molar-refractivity contribution in [1.82, 2.24) is 20.3 Å². The number of nitrogens with zero attached hydrogens (tertiary/aromatic N) is 4. The zero-order valence-corrected chi connectivity index (χ0v) is 22.9. The predicted molar refractivity (Wildman–Crippen MR) is 156 cm³/mol. The SMILES string of the molecule is Cc1ccc2c(CC[C@H](C#N)C(C)C)cccc2c1Oc1ncccc1-c1ccnc(N[C@H]2CCCNC2)n1. The molecule has 7 nitrogen and oxygen atoms in total. The predicted octanol–water partition coefficient (Wildman–Crippen LogP) is 6.68. The number of rotatable bonds is 9. The average Bonchev–Trinajstić information content (AvgIpc) is 2.95. The van der Waals surface area contributed by atoms with Gasteiger partial charge in [0.1, 0.15) is 5.75 Å². The Hall–Kier alpha value is -4.02. The average molecular weight is 521 g/mol. The lowest BCUT2D eigenvalue weighted by Gasteiger charge is -2.23. The molecule has 200 valence electrons. The molecule has 2 aromatic heterocycles. The summed E-state index contributed by atoms with van der Waals surface area (Å²) in [7, 11) is 0. The molecule has 3 heterocycles. The summed E-state index contributed by atoms with van der Waals surface area (Å²) in [6, 6.07) is 19.1. The Labute approximate surface area is 230 Å². The van der Waals surface area contributed by atoms with Crippen molar-refractivity contribution in [3.8, 4) is 29.0 Å². The number of hydrogen-bond donors (Lipinski definition) is 2. The molecule has 0 saturated carbocycles. The van der Waals surface area contributed by atoms with Crippen LogP contribution in [0, 0.1) is 30.1 Å². The number of aromatic nitrogens is 3. The Kier molecular flexibility index (Phi) is 8.33. The molecular formula is C32H36N6O. The summed E-state index contributed by atoms with van der Waals surface area (Å²) in [6.45, 7) is 8.25. The van der Waals surface area contributed by atoms with Crippen molar-refractivity contribution in [2.45, 2.75) is 52.5 Å². The van der Waals surface area contributed by atoms with Crippen LogP contribution in [0.1, 0.15) is 44.2 Å². The number of fused-ring (bicyclic) bond motifs is 1. The first kappa shape index (κ1) is 26.6. The molecule has 0 spiro atoms. The zero-order chi connectivity index (χ0) is 27.2. The van der Waals surface area contributed by atoms with Crippen molar-refractivity contribution in [2.75, 3.05) is 18.4 Å². The molecule has 1 saturated heterocycles. The number of aryl methyl sites for hydroxylation is 2. The molecule has 0 unspecified atom stereocenters. The van der Waals surface area contributed by atoms with E-state index in [0.717, 1.165) is 72.1 Å². The largest absolute Gasteiger partial charge is 0.437 e. The molecule has 1 fully saturated rings. The maximum Gasteiger partial charge on any atom is 0.228 e. The molecular weight excluding hydrogens is 484 g/mol. The van der Waals surface area contributed by atoms with Gasteiger partial charge in [-0.1, -0.05) is 44.2 Å². The second-order valence-electron chi connectivity index (χ2n) is 10.7. The lowest BCUT2D eigenvalue weighted by Crippen LogP contribution is -2.38. The highest BCUT2D eigenvalue weighted by Gasteiger charge is 2.18. The van der Waals surface area contributed by atoms with Gasteiger partial charge in [-0.05, 0) is 79.8 Å². The van der Waals surface area contributed by atoms with E-state index in [0.29, 0.717) is 23.8 Å². The van der Waals surface area contributed by atoms with Crippen LogP contribution in [0.15, 0.2) is 60.9 Å². The molecule has 0 bridgehead atoms. The second-order valence-corrected chi connectivity index (χ2v) is 10.7. The Balaban J connectivity index is 1.45. The van der Waals surface area contributed by atoms with Crippen LogP contribution < -0.4 is 15.4 Å². The van der Waals surface area contributed by atoms with Crippen LogP contribution in [0.5, 0.6) is 11.6 Å². The van der Waals surface area contributed by atoms with Crippen molar-refractivity contribution in [3.05, 3.63) is 72.1 Å². The minimum absolute atomic E-state index is 0.0409. The van der Waals surface area contributed by atoms with E-state index in [9.17, 15) is 5.26 Å². The Bertz CT molecular complexity index is 1470. The Morgan fingerprint density at radius 1 is 1.08 bits per heavy atom. The number of nitrogens with one attached hydrogen (secondary N) is 2. The molecule has 0 radical (unpaired) electrons. The highest BCUT2D eigenvalue weighted by molar-refractivity contribution is 5.92. The first-order valence-electron chi connectivity index (χ1n) is 13.9. The highest BCUT2D eigenvalue weighted by Crippen LogP contribution is 2.38. The van der Waals surface area contributed by atoms with Gasteiger partial charge in [-0.2, -0.15) is 5.26 Å². The van der Waals surface area contributed by atoms with Crippen LogP contribution in [-0.2, 0) is 6.42 Å². The van der Waals surface area contributed by atoms with Crippen LogP contribution in [-0.4, -0.2) is 34.1 Å². The van der Waals surface area contributed by atoms with Gasteiger partial charge in [0, 0.05) is 36.3 Å². The third kappa shape index (κ3) is 6.18. The Morgan fingerprint density at radius 3 is 2.77 bits per heavy atom. The van der Waals surface area contributed by atoms with Gasteiger partial charge in [0.15, 0.2) is 0 Å². The van der Waals surface area contributed by atoms with Gasteiger partial charge in [-0.25, -0.2) is 15.0 Å². The van der Waals surface area contributed by atoms with Gasteiger partial charge in [0.2, 0.25) is 11.8 Å². The number of nitriles is 1. The molecule has 0 aliphatic carbocycles. The van der Waals surface area contributed by atoms with E-state index >= 15 is 0 Å². The minimum atomic E-state index is 0.0409. The summed E-state index contributed by atoms with van der Waals surface area (Å²) < 4.78 is 6.58. The third-order valence-electron chi connectivity index (χ3n) is 7.53. The van der Waals surface area contributed by atoms with Crippen LogP contribution >= 0.6 is 0 Å². The van der Waals surface area contributed by atoms with Crippen molar-refractivity contribution in [2.24, 2.45) is 11.8 Å². The highest BCUT2D eigenvalue weighted by atomic mass is 16.5. The minimum Gasteiger partial charge on any atom is -0.437 e.